The first-order valence-electron chi connectivity index (χ1n) is 8.12. The van der Waals surface area contributed by atoms with Crippen LogP contribution >= 0.6 is 15.9 Å². The summed E-state index contributed by atoms with van der Waals surface area (Å²) in [5.74, 6) is 1.50. The first kappa shape index (κ1) is 18.5. The van der Waals surface area contributed by atoms with Crippen molar-refractivity contribution < 1.29 is 0 Å². The largest absolute Gasteiger partial charge is 0.371 e. The maximum absolute atomic E-state index is 3.71. The highest BCUT2D eigenvalue weighted by Gasteiger charge is 2.10. The minimum atomic E-state index is 0.749. The quantitative estimate of drug-likeness (QED) is 0.665. The molecule has 0 aromatic heterocycles. The molecule has 1 aromatic rings. The van der Waals surface area contributed by atoms with Gasteiger partial charge in [0.25, 0.3) is 0 Å². The number of nitrogens with zero attached hydrogens (tertiary/aromatic N) is 1. The zero-order chi connectivity index (χ0) is 15.8. The molecule has 0 spiro atoms. The summed E-state index contributed by atoms with van der Waals surface area (Å²) in [7, 11) is 1.98. The van der Waals surface area contributed by atoms with Crippen molar-refractivity contribution in [2.45, 2.75) is 47.1 Å². The van der Waals surface area contributed by atoms with E-state index in [1.807, 2.05) is 7.05 Å². The first-order chi connectivity index (χ1) is 9.93. The van der Waals surface area contributed by atoms with Gasteiger partial charge in [-0.1, -0.05) is 49.7 Å². The molecule has 0 fully saturated rings. The number of hydrogen-bond donors (Lipinski definition) is 1. The van der Waals surface area contributed by atoms with Crippen LogP contribution in [0.15, 0.2) is 22.7 Å². The van der Waals surface area contributed by atoms with Gasteiger partial charge in [-0.15, -0.1) is 0 Å². The van der Waals surface area contributed by atoms with Crippen molar-refractivity contribution in [2.24, 2.45) is 11.8 Å². The molecule has 0 bridgehead atoms. The van der Waals surface area contributed by atoms with Crippen molar-refractivity contribution in [1.82, 2.24) is 5.32 Å². The number of hydrogen-bond acceptors (Lipinski definition) is 2. The van der Waals surface area contributed by atoms with Crippen LogP contribution in [0.3, 0.4) is 0 Å². The van der Waals surface area contributed by atoms with E-state index in [0.717, 1.165) is 31.5 Å². The lowest BCUT2D eigenvalue weighted by Crippen LogP contribution is -2.27. The Morgan fingerprint density at radius 3 is 2.05 bits per heavy atom. The maximum Gasteiger partial charge on any atom is 0.0377 e. The van der Waals surface area contributed by atoms with E-state index in [9.17, 15) is 0 Å². The molecule has 21 heavy (non-hydrogen) atoms. The van der Waals surface area contributed by atoms with Crippen LogP contribution < -0.4 is 10.2 Å². The second-order valence-corrected chi connectivity index (χ2v) is 7.51. The number of anilines is 1. The zero-order valence-corrected chi connectivity index (χ0v) is 15.8. The highest BCUT2D eigenvalue weighted by Crippen LogP contribution is 2.25. The third-order valence-electron chi connectivity index (χ3n) is 3.72. The van der Waals surface area contributed by atoms with Crippen molar-refractivity contribution in [1.29, 1.82) is 0 Å². The average molecular weight is 355 g/mol. The maximum atomic E-state index is 3.71. The van der Waals surface area contributed by atoms with Crippen LogP contribution in [0.1, 0.15) is 46.1 Å². The van der Waals surface area contributed by atoms with Crippen LogP contribution in [0.2, 0.25) is 0 Å². The lowest BCUT2D eigenvalue weighted by Gasteiger charge is -2.27. The van der Waals surface area contributed by atoms with E-state index < -0.39 is 0 Å². The van der Waals surface area contributed by atoms with Gasteiger partial charge < -0.3 is 10.2 Å². The molecular weight excluding hydrogens is 324 g/mol. The molecule has 3 heteroatoms. The molecule has 0 atom stereocenters. The molecule has 1 aromatic carbocycles. The Kier molecular flexibility index (Phi) is 8.35. The standard InChI is InChI=1S/C18H31BrN2/c1-14(2)8-10-21(11-9-15(3)4)17-7-6-16(13-20-5)18(19)12-17/h6-7,12,14-15,20H,8-11,13H2,1-5H3. The number of benzene rings is 1. The summed E-state index contributed by atoms with van der Waals surface area (Å²) < 4.78 is 1.20. The van der Waals surface area contributed by atoms with Crippen LogP contribution in [0.25, 0.3) is 0 Å². The normalized spacial score (nSPS) is 11.4. The number of halogens is 1. The molecular formula is C18H31BrN2. The van der Waals surface area contributed by atoms with E-state index in [-0.39, 0.29) is 0 Å². The Hall–Kier alpha value is -0.540. The topological polar surface area (TPSA) is 15.3 Å². The molecule has 0 saturated carbocycles. The van der Waals surface area contributed by atoms with Crippen LogP contribution in [0.5, 0.6) is 0 Å². The molecule has 1 rings (SSSR count). The Morgan fingerprint density at radius 1 is 1.05 bits per heavy atom. The minimum absolute atomic E-state index is 0.749. The molecule has 0 aliphatic carbocycles. The summed E-state index contributed by atoms with van der Waals surface area (Å²) in [5, 5.41) is 3.21. The predicted molar refractivity (Wildman–Crippen MR) is 98.0 cm³/mol. The van der Waals surface area contributed by atoms with Gasteiger partial charge >= 0.3 is 0 Å². The molecule has 1 N–H and O–H groups in total. The minimum Gasteiger partial charge on any atom is -0.371 e. The molecule has 0 amide bonds. The van der Waals surface area contributed by atoms with E-state index in [1.54, 1.807) is 0 Å². The average Bonchev–Trinajstić information content (AvgIpc) is 2.41. The molecule has 2 nitrogen and oxygen atoms in total. The zero-order valence-electron chi connectivity index (χ0n) is 14.2. The van der Waals surface area contributed by atoms with Gasteiger partial charge in [-0.3, -0.25) is 0 Å². The summed E-state index contributed by atoms with van der Waals surface area (Å²) in [5.41, 5.74) is 2.65. The Morgan fingerprint density at radius 2 is 1.62 bits per heavy atom. The van der Waals surface area contributed by atoms with Crippen molar-refractivity contribution in [2.75, 3.05) is 25.0 Å². The van der Waals surface area contributed by atoms with E-state index in [0.29, 0.717) is 0 Å². The van der Waals surface area contributed by atoms with Crippen LogP contribution in [-0.4, -0.2) is 20.1 Å². The highest BCUT2D eigenvalue weighted by molar-refractivity contribution is 9.10. The first-order valence-corrected chi connectivity index (χ1v) is 8.91. The van der Waals surface area contributed by atoms with Crippen LogP contribution in [0.4, 0.5) is 5.69 Å². The van der Waals surface area contributed by atoms with Crippen molar-refractivity contribution in [3.63, 3.8) is 0 Å². The lowest BCUT2D eigenvalue weighted by atomic mass is 10.1. The molecule has 0 aliphatic rings. The SMILES string of the molecule is CNCc1ccc(N(CCC(C)C)CCC(C)C)cc1Br. The second-order valence-electron chi connectivity index (χ2n) is 6.66. The van der Waals surface area contributed by atoms with Crippen molar-refractivity contribution in [3.8, 4) is 0 Å². The fourth-order valence-corrected chi connectivity index (χ4v) is 2.77. The van der Waals surface area contributed by atoms with E-state index in [2.05, 4.69) is 72.0 Å². The molecule has 0 aliphatic heterocycles. The predicted octanol–water partition coefficient (Wildman–Crippen LogP) is 5.07. The second kappa shape index (κ2) is 9.47. The summed E-state index contributed by atoms with van der Waals surface area (Å²) in [6.07, 6.45) is 2.49. The Bertz CT molecular complexity index is 404. The highest BCUT2D eigenvalue weighted by atomic mass is 79.9. The van der Waals surface area contributed by atoms with Gasteiger partial charge in [0.1, 0.15) is 0 Å². The summed E-state index contributed by atoms with van der Waals surface area (Å²) in [6, 6.07) is 6.76. The Labute approximate surface area is 139 Å². The monoisotopic (exact) mass is 354 g/mol. The summed E-state index contributed by atoms with van der Waals surface area (Å²) in [4.78, 5) is 2.54. The van der Waals surface area contributed by atoms with Crippen molar-refractivity contribution in [3.05, 3.63) is 28.2 Å². The van der Waals surface area contributed by atoms with E-state index >= 15 is 0 Å². The third kappa shape index (κ3) is 6.84. The molecule has 0 radical (unpaired) electrons. The molecule has 0 heterocycles. The molecule has 120 valence electrons. The fraction of sp³-hybridized carbons (Fsp3) is 0.667. The number of nitrogens with one attached hydrogen (secondary N) is 1. The summed E-state index contributed by atoms with van der Waals surface area (Å²) in [6.45, 7) is 12.4. The van der Waals surface area contributed by atoms with Crippen molar-refractivity contribution >= 4 is 21.6 Å². The fourth-order valence-electron chi connectivity index (χ4n) is 2.26. The van der Waals surface area contributed by atoms with Gasteiger partial charge in [0.05, 0.1) is 0 Å². The van der Waals surface area contributed by atoms with E-state index in [1.165, 1.54) is 28.6 Å². The van der Waals surface area contributed by atoms with Gasteiger partial charge in [0.15, 0.2) is 0 Å². The van der Waals surface area contributed by atoms with Gasteiger partial charge in [-0.05, 0) is 49.4 Å². The van der Waals surface area contributed by atoms with E-state index in [4.69, 9.17) is 0 Å². The summed E-state index contributed by atoms with van der Waals surface area (Å²) >= 11 is 3.71. The van der Waals surface area contributed by atoms with Crippen LogP contribution in [-0.2, 0) is 6.54 Å². The lowest BCUT2D eigenvalue weighted by molar-refractivity contribution is 0.535. The van der Waals surface area contributed by atoms with Gasteiger partial charge in [-0.2, -0.15) is 0 Å². The molecule has 0 unspecified atom stereocenters. The van der Waals surface area contributed by atoms with Gasteiger partial charge in [0, 0.05) is 29.8 Å². The van der Waals surface area contributed by atoms with Gasteiger partial charge in [0.2, 0.25) is 0 Å². The van der Waals surface area contributed by atoms with Crippen LogP contribution in [0, 0.1) is 11.8 Å². The smallest absolute Gasteiger partial charge is 0.0377 e. The van der Waals surface area contributed by atoms with Gasteiger partial charge in [-0.25, -0.2) is 0 Å². The number of rotatable bonds is 9. The third-order valence-corrected chi connectivity index (χ3v) is 4.46. The Balaban J connectivity index is 2.82. The molecule has 0 saturated heterocycles.